The van der Waals surface area contributed by atoms with Crippen molar-refractivity contribution in [1.29, 1.82) is 0 Å². The van der Waals surface area contributed by atoms with Crippen molar-refractivity contribution in [3.05, 3.63) is 40.4 Å². The zero-order chi connectivity index (χ0) is 18.9. The molecule has 1 N–H and O–H groups in total. The van der Waals surface area contributed by atoms with E-state index in [0.29, 0.717) is 29.6 Å². The first-order chi connectivity index (χ1) is 12.4. The Kier molecular flexibility index (Phi) is 4.80. The number of Topliss-reactive ketones (excluding diaryl/α,β-unsaturated/α-hetero) is 1. The van der Waals surface area contributed by atoms with Crippen LogP contribution in [0.1, 0.15) is 51.8 Å². The van der Waals surface area contributed by atoms with Crippen LogP contribution in [-0.4, -0.2) is 33.6 Å². The number of aromatic nitrogens is 2. The van der Waals surface area contributed by atoms with E-state index >= 15 is 0 Å². The lowest BCUT2D eigenvalue weighted by molar-refractivity contribution is -0.151. The Balaban J connectivity index is 2.18. The Labute approximate surface area is 151 Å². The third-order valence-corrected chi connectivity index (χ3v) is 4.68. The van der Waals surface area contributed by atoms with Crippen LogP contribution in [0.15, 0.2) is 29.1 Å². The van der Waals surface area contributed by atoms with Gasteiger partial charge in [0, 0.05) is 12.3 Å². The maximum absolute atomic E-state index is 13.1. The Bertz CT molecular complexity index is 919. The van der Waals surface area contributed by atoms with E-state index in [-0.39, 0.29) is 30.3 Å². The first-order valence-corrected chi connectivity index (χ1v) is 8.91. The van der Waals surface area contributed by atoms with Gasteiger partial charge in [-0.05, 0) is 31.9 Å². The summed E-state index contributed by atoms with van der Waals surface area (Å²) in [6.45, 7) is 5.66. The highest BCUT2D eigenvalue weighted by molar-refractivity contribution is 6.11. The van der Waals surface area contributed by atoms with Crippen molar-refractivity contribution >= 4 is 22.7 Å². The summed E-state index contributed by atoms with van der Waals surface area (Å²) in [6.07, 6.45) is 1.14. The predicted molar refractivity (Wildman–Crippen MR) is 97.7 cm³/mol. The average Bonchev–Trinajstić information content (AvgIpc) is 2.99. The number of esters is 1. The van der Waals surface area contributed by atoms with Crippen LogP contribution in [0.4, 0.5) is 0 Å². The third-order valence-electron chi connectivity index (χ3n) is 4.68. The smallest absolute Gasteiger partial charge is 0.341 e. The van der Waals surface area contributed by atoms with E-state index in [9.17, 15) is 14.4 Å². The number of nitrogens with one attached hydrogen (secondary N) is 1. The van der Waals surface area contributed by atoms with Crippen molar-refractivity contribution in [2.75, 3.05) is 12.0 Å². The van der Waals surface area contributed by atoms with Crippen molar-refractivity contribution in [3.8, 4) is 0 Å². The number of hydrogen-bond acceptors (Lipinski definition) is 6. The molecule has 0 saturated heterocycles. The fourth-order valence-corrected chi connectivity index (χ4v) is 3.34. The molecule has 0 spiro atoms. The summed E-state index contributed by atoms with van der Waals surface area (Å²) >= 11 is 0. The highest BCUT2D eigenvalue weighted by atomic mass is 16.5. The second kappa shape index (κ2) is 6.90. The molecular formula is C19H23N3O4. The number of para-hydroxylation sites is 1. The topological polar surface area (TPSA) is 90.3 Å². The Morgan fingerprint density at radius 2 is 2.08 bits per heavy atom. The summed E-state index contributed by atoms with van der Waals surface area (Å²) in [4.78, 5) is 42.8. The predicted octanol–water partition coefficient (Wildman–Crippen LogP) is 2.12. The van der Waals surface area contributed by atoms with E-state index in [1.165, 1.54) is 4.68 Å². The lowest BCUT2D eigenvalue weighted by Gasteiger charge is -2.29. The molecular weight excluding hydrogens is 334 g/mol. The molecule has 3 rings (SSSR count). The number of nitrogens with zero attached hydrogens (tertiary/aromatic N) is 2. The van der Waals surface area contributed by atoms with Gasteiger partial charge in [-0.2, -0.15) is 0 Å². The highest BCUT2D eigenvalue weighted by Gasteiger charge is 2.51. The molecule has 0 bridgehead atoms. The molecule has 1 aliphatic rings. The fraction of sp³-hybridized carbons (Fsp3) is 0.474. The summed E-state index contributed by atoms with van der Waals surface area (Å²) in [6, 6.07) is 7.03. The van der Waals surface area contributed by atoms with E-state index < -0.39 is 11.5 Å². The molecule has 1 saturated carbocycles. The average molecular weight is 357 g/mol. The van der Waals surface area contributed by atoms with Crippen molar-refractivity contribution in [2.45, 2.75) is 51.5 Å². The van der Waals surface area contributed by atoms with Gasteiger partial charge in [-0.3, -0.25) is 15.0 Å². The van der Waals surface area contributed by atoms with Crippen LogP contribution in [-0.2, 0) is 14.3 Å². The first-order valence-electron chi connectivity index (χ1n) is 8.91. The summed E-state index contributed by atoms with van der Waals surface area (Å²) < 4.78 is 6.40. The number of fused-ring (bicyclic) bond motifs is 1. The third kappa shape index (κ3) is 2.87. The summed E-state index contributed by atoms with van der Waals surface area (Å²) in [5.41, 5.74) is 1.64. The van der Waals surface area contributed by atoms with Crippen LogP contribution >= 0.6 is 0 Å². The van der Waals surface area contributed by atoms with Crippen LogP contribution in [0.25, 0.3) is 10.9 Å². The van der Waals surface area contributed by atoms with Gasteiger partial charge in [-0.25, -0.2) is 14.5 Å². The zero-order valence-corrected chi connectivity index (χ0v) is 15.2. The van der Waals surface area contributed by atoms with E-state index in [0.717, 1.165) is 0 Å². The number of rotatable bonds is 5. The van der Waals surface area contributed by atoms with Crippen LogP contribution in [0.5, 0.6) is 0 Å². The molecule has 1 heterocycles. The van der Waals surface area contributed by atoms with Gasteiger partial charge < -0.3 is 4.74 Å². The normalized spacial score (nSPS) is 19.9. The molecule has 1 aliphatic carbocycles. The largest absolute Gasteiger partial charge is 0.464 e. The molecule has 7 nitrogen and oxygen atoms in total. The van der Waals surface area contributed by atoms with Crippen LogP contribution in [0.2, 0.25) is 0 Å². The van der Waals surface area contributed by atoms with Crippen LogP contribution in [0.3, 0.4) is 0 Å². The minimum atomic E-state index is -1.53. The van der Waals surface area contributed by atoms with Crippen molar-refractivity contribution in [1.82, 2.24) is 9.66 Å². The molecule has 0 radical (unpaired) electrons. The standard InChI is InChI=1S/C19H23N3O4/c1-4-26-18(25)19(11-7-10-15(19)23)21-22-16(12(2)3)20-14-9-6-5-8-13(14)17(22)24/h5-6,8-9,12,21H,4,7,10-11H2,1-3H3. The Morgan fingerprint density at radius 1 is 1.35 bits per heavy atom. The molecule has 1 atom stereocenters. The summed E-state index contributed by atoms with van der Waals surface area (Å²) in [5, 5.41) is 0.425. The van der Waals surface area contributed by atoms with Gasteiger partial charge in [-0.15, -0.1) is 0 Å². The number of ether oxygens (including phenoxy) is 1. The van der Waals surface area contributed by atoms with Crippen molar-refractivity contribution in [3.63, 3.8) is 0 Å². The quantitative estimate of drug-likeness (QED) is 0.651. The lowest BCUT2D eigenvalue weighted by Crippen LogP contribution is -2.57. The Morgan fingerprint density at radius 3 is 2.69 bits per heavy atom. The number of benzene rings is 1. The molecule has 1 unspecified atom stereocenters. The zero-order valence-electron chi connectivity index (χ0n) is 15.2. The molecule has 0 aliphatic heterocycles. The maximum Gasteiger partial charge on any atom is 0.341 e. The monoisotopic (exact) mass is 357 g/mol. The van der Waals surface area contributed by atoms with Gasteiger partial charge in [-0.1, -0.05) is 26.0 Å². The molecule has 138 valence electrons. The molecule has 7 heteroatoms. The summed E-state index contributed by atoms with van der Waals surface area (Å²) in [5.74, 6) is -0.518. The number of ketones is 1. The van der Waals surface area contributed by atoms with Gasteiger partial charge in [0.2, 0.25) is 5.54 Å². The van der Waals surface area contributed by atoms with Gasteiger partial charge in [0.15, 0.2) is 5.78 Å². The first kappa shape index (κ1) is 18.1. The number of carbonyl (C=O) groups excluding carboxylic acids is 2. The van der Waals surface area contributed by atoms with Gasteiger partial charge in [0.05, 0.1) is 17.5 Å². The highest BCUT2D eigenvalue weighted by Crippen LogP contribution is 2.29. The molecule has 26 heavy (non-hydrogen) atoms. The lowest BCUT2D eigenvalue weighted by atomic mass is 9.97. The van der Waals surface area contributed by atoms with Crippen molar-refractivity contribution < 1.29 is 14.3 Å². The van der Waals surface area contributed by atoms with Crippen molar-refractivity contribution in [2.24, 2.45) is 0 Å². The van der Waals surface area contributed by atoms with Gasteiger partial charge >= 0.3 is 5.97 Å². The second-order valence-electron chi connectivity index (χ2n) is 6.80. The Hall–Kier alpha value is -2.70. The molecule has 1 fully saturated rings. The van der Waals surface area contributed by atoms with E-state index in [1.54, 1.807) is 25.1 Å². The maximum atomic E-state index is 13.1. The number of hydrogen-bond donors (Lipinski definition) is 1. The number of carbonyl (C=O) groups is 2. The van der Waals surface area contributed by atoms with Crippen LogP contribution in [0, 0.1) is 0 Å². The van der Waals surface area contributed by atoms with E-state index in [2.05, 4.69) is 10.4 Å². The van der Waals surface area contributed by atoms with Gasteiger partial charge in [0.25, 0.3) is 5.56 Å². The van der Waals surface area contributed by atoms with E-state index in [1.807, 2.05) is 19.9 Å². The molecule has 1 aromatic carbocycles. The molecule has 1 aromatic heterocycles. The SMILES string of the molecule is CCOC(=O)C1(Nn2c(C(C)C)nc3ccccc3c2=O)CCCC1=O. The minimum absolute atomic E-state index is 0.0874. The summed E-state index contributed by atoms with van der Waals surface area (Å²) in [7, 11) is 0. The fourth-order valence-electron chi connectivity index (χ4n) is 3.34. The molecule has 2 aromatic rings. The van der Waals surface area contributed by atoms with Gasteiger partial charge in [0.1, 0.15) is 5.82 Å². The second-order valence-corrected chi connectivity index (χ2v) is 6.80. The molecule has 0 amide bonds. The minimum Gasteiger partial charge on any atom is -0.464 e. The van der Waals surface area contributed by atoms with Crippen LogP contribution < -0.4 is 11.0 Å². The van der Waals surface area contributed by atoms with E-state index in [4.69, 9.17) is 4.74 Å².